The normalized spacial score (nSPS) is 20.5. The number of nitrogens with zero attached hydrogens (tertiary/aromatic N) is 2. The summed E-state index contributed by atoms with van der Waals surface area (Å²) in [5.41, 5.74) is 3.83. The molecule has 32 heavy (non-hydrogen) atoms. The molecule has 6 nitrogen and oxygen atoms in total. The van der Waals surface area contributed by atoms with Crippen molar-refractivity contribution in [1.82, 2.24) is 9.80 Å². The maximum atomic E-state index is 5.65. The van der Waals surface area contributed by atoms with Crippen molar-refractivity contribution in [1.29, 1.82) is 0 Å². The Balaban J connectivity index is 1.62. The molecule has 2 heterocycles. The highest BCUT2D eigenvalue weighted by molar-refractivity contribution is 6.72. The second-order valence-electron chi connectivity index (χ2n) is 9.41. The van der Waals surface area contributed by atoms with Crippen LogP contribution in [0.1, 0.15) is 38.5 Å². The smallest absolute Gasteiger partial charge is 0.363 e. The van der Waals surface area contributed by atoms with Gasteiger partial charge in [0.05, 0.1) is 0 Å². The van der Waals surface area contributed by atoms with E-state index in [9.17, 15) is 0 Å². The Bertz CT molecular complexity index is 494. The lowest BCUT2D eigenvalue weighted by Crippen LogP contribution is -2.43. The van der Waals surface area contributed by atoms with Crippen molar-refractivity contribution in [3.63, 3.8) is 0 Å². The molecule has 0 atom stereocenters. The molecule has 2 aliphatic heterocycles. The van der Waals surface area contributed by atoms with Crippen molar-refractivity contribution in [2.45, 2.75) is 50.6 Å². The van der Waals surface area contributed by atoms with E-state index in [0.29, 0.717) is 0 Å². The second kappa shape index (κ2) is 14.2. The highest BCUT2D eigenvalue weighted by atomic mass is 28.4. The van der Waals surface area contributed by atoms with Gasteiger partial charge in [0.1, 0.15) is 0 Å². The summed E-state index contributed by atoms with van der Waals surface area (Å²) in [6, 6.07) is 1.99. The van der Waals surface area contributed by atoms with E-state index < -0.39 is 17.1 Å². The van der Waals surface area contributed by atoms with Crippen LogP contribution in [0.15, 0.2) is 24.6 Å². The average Bonchev–Trinajstić information content (AvgIpc) is 2.86. The lowest BCUT2D eigenvalue weighted by Gasteiger charge is -2.40. The quantitative estimate of drug-likeness (QED) is 0.326. The molecule has 0 aromatic rings. The SMILES string of the molecule is C=C[Si](CCCN1CCC(C2CCN(CCC[Si](C=C)(OC)OC)CC2)CC1)(OC)OC. The molecule has 0 aromatic carbocycles. The first kappa shape index (κ1) is 27.9. The molecule has 0 bridgehead atoms. The van der Waals surface area contributed by atoms with Gasteiger partial charge in [-0.15, -0.1) is 13.2 Å². The van der Waals surface area contributed by atoms with Crippen molar-refractivity contribution >= 4 is 17.1 Å². The van der Waals surface area contributed by atoms with Crippen LogP contribution >= 0.6 is 0 Å². The van der Waals surface area contributed by atoms with E-state index in [0.717, 1.165) is 49.9 Å². The number of hydrogen-bond acceptors (Lipinski definition) is 6. The molecular formula is C24H48N2O4Si2. The van der Waals surface area contributed by atoms with Gasteiger partial charge in [0.25, 0.3) is 0 Å². The predicted octanol–water partition coefficient (Wildman–Crippen LogP) is 4.11. The molecule has 0 spiro atoms. The van der Waals surface area contributed by atoms with Gasteiger partial charge < -0.3 is 27.5 Å². The van der Waals surface area contributed by atoms with Gasteiger partial charge in [-0.3, -0.25) is 0 Å². The maximum Gasteiger partial charge on any atom is 0.363 e. The van der Waals surface area contributed by atoms with E-state index in [1.54, 1.807) is 28.4 Å². The van der Waals surface area contributed by atoms with E-state index in [1.807, 2.05) is 11.4 Å². The molecule has 186 valence electrons. The van der Waals surface area contributed by atoms with Gasteiger partial charge in [0, 0.05) is 28.4 Å². The fourth-order valence-corrected chi connectivity index (χ4v) is 9.03. The zero-order chi connectivity index (χ0) is 23.5. The van der Waals surface area contributed by atoms with Crippen LogP contribution < -0.4 is 0 Å². The molecule has 2 rings (SSSR count). The predicted molar refractivity (Wildman–Crippen MR) is 137 cm³/mol. The summed E-state index contributed by atoms with van der Waals surface area (Å²) in [5, 5.41) is 0. The van der Waals surface area contributed by atoms with Gasteiger partial charge >= 0.3 is 17.1 Å². The Morgan fingerprint density at radius 3 is 1.22 bits per heavy atom. The van der Waals surface area contributed by atoms with Crippen molar-refractivity contribution < 1.29 is 17.7 Å². The summed E-state index contributed by atoms with van der Waals surface area (Å²) in [4.78, 5) is 5.28. The number of rotatable bonds is 15. The van der Waals surface area contributed by atoms with Gasteiger partial charge in [-0.05, 0) is 113 Å². The highest BCUT2D eigenvalue weighted by Gasteiger charge is 2.34. The first-order valence-corrected chi connectivity index (χ1v) is 16.6. The molecule has 0 amide bonds. The second-order valence-corrected chi connectivity index (χ2v) is 16.1. The molecule has 0 unspecified atom stereocenters. The molecule has 2 fully saturated rings. The van der Waals surface area contributed by atoms with Crippen LogP contribution in [-0.4, -0.2) is 94.6 Å². The van der Waals surface area contributed by atoms with Gasteiger partial charge in [-0.25, -0.2) is 0 Å². The molecule has 2 aliphatic rings. The van der Waals surface area contributed by atoms with Crippen LogP contribution in [0, 0.1) is 11.8 Å². The third-order valence-electron chi connectivity index (χ3n) is 7.93. The van der Waals surface area contributed by atoms with Crippen molar-refractivity contribution in [3.8, 4) is 0 Å². The Hall–Kier alpha value is -0.326. The minimum atomic E-state index is -2.16. The summed E-state index contributed by atoms with van der Waals surface area (Å²) < 4.78 is 22.6. The van der Waals surface area contributed by atoms with Crippen LogP contribution in [0.25, 0.3) is 0 Å². The van der Waals surface area contributed by atoms with Crippen molar-refractivity contribution in [2.24, 2.45) is 11.8 Å². The largest absolute Gasteiger partial charge is 0.395 e. The first-order chi connectivity index (χ1) is 15.5. The lowest BCUT2D eigenvalue weighted by atomic mass is 9.79. The summed E-state index contributed by atoms with van der Waals surface area (Å²) in [5.74, 6) is 1.83. The third-order valence-corrected chi connectivity index (χ3v) is 14.0. The van der Waals surface area contributed by atoms with Crippen molar-refractivity contribution in [2.75, 3.05) is 67.7 Å². The van der Waals surface area contributed by atoms with Gasteiger partial charge in [-0.2, -0.15) is 0 Å². The zero-order valence-corrected chi connectivity index (χ0v) is 23.2. The van der Waals surface area contributed by atoms with Gasteiger partial charge in [0.2, 0.25) is 0 Å². The van der Waals surface area contributed by atoms with Crippen LogP contribution in [-0.2, 0) is 17.7 Å². The van der Waals surface area contributed by atoms with Crippen molar-refractivity contribution in [3.05, 3.63) is 24.6 Å². The van der Waals surface area contributed by atoms with Crippen LogP contribution in [0.3, 0.4) is 0 Å². The Morgan fingerprint density at radius 2 is 0.969 bits per heavy atom. The molecule has 0 aliphatic carbocycles. The number of piperidine rings is 2. The fourth-order valence-electron chi connectivity index (χ4n) is 5.51. The molecule has 8 heteroatoms. The highest BCUT2D eigenvalue weighted by Crippen LogP contribution is 2.33. The van der Waals surface area contributed by atoms with E-state index in [2.05, 4.69) is 23.0 Å². The van der Waals surface area contributed by atoms with E-state index in [-0.39, 0.29) is 0 Å². The number of hydrogen-bond donors (Lipinski definition) is 0. The summed E-state index contributed by atoms with van der Waals surface area (Å²) >= 11 is 0. The van der Waals surface area contributed by atoms with Crippen LogP contribution in [0.2, 0.25) is 12.1 Å². The third kappa shape index (κ3) is 7.87. The molecule has 0 N–H and O–H groups in total. The first-order valence-electron chi connectivity index (χ1n) is 12.4. The molecule has 0 radical (unpaired) electrons. The topological polar surface area (TPSA) is 43.4 Å². The van der Waals surface area contributed by atoms with E-state index in [1.165, 1.54) is 51.9 Å². The average molecular weight is 485 g/mol. The Morgan fingerprint density at radius 1 is 0.656 bits per heavy atom. The molecule has 2 saturated heterocycles. The summed E-state index contributed by atoms with van der Waals surface area (Å²) in [6.45, 7) is 15.1. The summed E-state index contributed by atoms with van der Waals surface area (Å²) in [6.07, 6.45) is 7.70. The molecule has 0 saturated carbocycles. The summed E-state index contributed by atoms with van der Waals surface area (Å²) in [7, 11) is 2.69. The van der Waals surface area contributed by atoms with Crippen LogP contribution in [0.5, 0.6) is 0 Å². The van der Waals surface area contributed by atoms with Crippen LogP contribution in [0.4, 0.5) is 0 Å². The minimum absolute atomic E-state index is 0.913. The number of likely N-dealkylation sites (tertiary alicyclic amines) is 2. The maximum absolute atomic E-state index is 5.65. The lowest BCUT2D eigenvalue weighted by molar-refractivity contribution is 0.0957. The molecular weight excluding hydrogens is 436 g/mol. The molecule has 0 aromatic heterocycles. The minimum Gasteiger partial charge on any atom is -0.395 e. The Kier molecular flexibility index (Phi) is 12.4. The van der Waals surface area contributed by atoms with E-state index >= 15 is 0 Å². The monoisotopic (exact) mass is 484 g/mol. The van der Waals surface area contributed by atoms with Gasteiger partial charge in [-0.1, -0.05) is 0 Å². The Labute approximate surface area is 199 Å². The van der Waals surface area contributed by atoms with Gasteiger partial charge in [0.15, 0.2) is 0 Å². The fraction of sp³-hybridized carbons (Fsp3) is 0.833. The standard InChI is InChI=1S/C24H48N2O4Si2/c1-7-31(27-3,28-4)21-9-15-25-17-11-23(12-18-25)24-13-19-26(20-14-24)16-10-22-32(8-2,29-5)30-6/h7-8,23-24H,1-2,9-22H2,3-6H3. The zero-order valence-electron chi connectivity index (χ0n) is 21.2. The van der Waals surface area contributed by atoms with E-state index in [4.69, 9.17) is 17.7 Å².